The van der Waals surface area contributed by atoms with Gasteiger partial charge in [0.2, 0.25) is 0 Å². The summed E-state index contributed by atoms with van der Waals surface area (Å²) in [5.74, 6) is 0.571. The Hall–Kier alpha value is -1.55. The summed E-state index contributed by atoms with van der Waals surface area (Å²) < 4.78 is 5.69. The first-order valence-corrected chi connectivity index (χ1v) is 6.72. The second kappa shape index (κ2) is 7.79. The molecule has 0 heterocycles. The molecule has 0 aliphatic heterocycles. The van der Waals surface area contributed by atoms with Crippen molar-refractivity contribution in [3.05, 3.63) is 29.8 Å². The Labute approximate surface area is 114 Å². The van der Waals surface area contributed by atoms with E-state index < -0.39 is 12.2 Å². The third-order valence-electron chi connectivity index (χ3n) is 2.79. The molecule has 0 aliphatic carbocycles. The van der Waals surface area contributed by atoms with Gasteiger partial charge in [0.15, 0.2) is 6.10 Å². The van der Waals surface area contributed by atoms with Crippen molar-refractivity contribution in [2.75, 3.05) is 6.54 Å². The van der Waals surface area contributed by atoms with Crippen LogP contribution in [0.1, 0.15) is 32.3 Å². The molecule has 4 heteroatoms. The van der Waals surface area contributed by atoms with E-state index in [0.29, 0.717) is 25.1 Å². The van der Waals surface area contributed by atoms with E-state index in [9.17, 15) is 4.79 Å². The van der Waals surface area contributed by atoms with Gasteiger partial charge in [-0.3, -0.25) is 4.79 Å². The normalized spacial score (nSPS) is 13.7. The number of aryl methyl sites for hydroxylation is 1. The summed E-state index contributed by atoms with van der Waals surface area (Å²) in [5.41, 5.74) is 1.10. The number of rotatable bonds is 7. The van der Waals surface area contributed by atoms with Crippen LogP contribution >= 0.6 is 0 Å². The highest BCUT2D eigenvalue weighted by Gasteiger charge is 2.17. The molecule has 0 radical (unpaired) electrons. The zero-order chi connectivity index (χ0) is 14.3. The van der Waals surface area contributed by atoms with E-state index in [4.69, 9.17) is 9.84 Å². The van der Waals surface area contributed by atoms with Gasteiger partial charge >= 0.3 is 0 Å². The molecule has 0 saturated carbocycles. The molecule has 1 aromatic rings. The third-order valence-corrected chi connectivity index (χ3v) is 2.79. The molecule has 4 nitrogen and oxygen atoms in total. The molecule has 0 spiro atoms. The van der Waals surface area contributed by atoms with E-state index in [1.807, 2.05) is 38.1 Å². The van der Waals surface area contributed by atoms with Gasteiger partial charge in [0.1, 0.15) is 5.75 Å². The lowest BCUT2D eigenvalue weighted by molar-refractivity contribution is -0.128. The summed E-state index contributed by atoms with van der Waals surface area (Å²) in [6.45, 7) is 6.06. The Balaban J connectivity index is 2.50. The van der Waals surface area contributed by atoms with Crippen LogP contribution in [0.2, 0.25) is 0 Å². The van der Waals surface area contributed by atoms with Gasteiger partial charge in [0, 0.05) is 6.54 Å². The molecule has 0 aromatic heterocycles. The molecule has 106 valence electrons. The maximum atomic E-state index is 11.9. The van der Waals surface area contributed by atoms with Crippen LogP contribution in [0.4, 0.5) is 0 Å². The average molecular weight is 265 g/mol. The van der Waals surface area contributed by atoms with Gasteiger partial charge in [0.25, 0.3) is 5.91 Å². The van der Waals surface area contributed by atoms with Crippen LogP contribution in [0, 0.1) is 6.92 Å². The summed E-state index contributed by atoms with van der Waals surface area (Å²) in [4.78, 5) is 11.9. The van der Waals surface area contributed by atoms with Crippen LogP contribution in [0.3, 0.4) is 0 Å². The first-order chi connectivity index (χ1) is 9.02. The Bertz CT molecular complexity index is 404. The molecule has 1 aromatic carbocycles. The van der Waals surface area contributed by atoms with Crippen molar-refractivity contribution in [1.82, 2.24) is 5.32 Å². The minimum Gasteiger partial charge on any atom is -0.481 e. The first-order valence-electron chi connectivity index (χ1n) is 6.72. The fraction of sp³-hybridized carbons (Fsp3) is 0.533. The van der Waals surface area contributed by atoms with Gasteiger partial charge in [0.05, 0.1) is 6.10 Å². The zero-order valence-corrected chi connectivity index (χ0v) is 11.8. The number of ether oxygens (including phenoxy) is 1. The highest BCUT2D eigenvalue weighted by molar-refractivity contribution is 5.81. The second-order valence-corrected chi connectivity index (χ2v) is 4.76. The molecule has 0 saturated heterocycles. The topological polar surface area (TPSA) is 58.6 Å². The fourth-order valence-electron chi connectivity index (χ4n) is 1.69. The van der Waals surface area contributed by atoms with Crippen molar-refractivity contribution >= 4 is 5.91 Å². The predicted octanol–water partition coefficient (Wildman–Crippen LogP) is 2.04. The number of hydrogen-bond donors (Lipinski definition) is 2. The summed E-state index contributed by atoms with van der Waals surface area (Å²) in [6, 6.07) is 7.64. The molecule has 1 rings (SSSR count). The Morgan fingerprint density at radius 1 is 1.47 bits per heavy atom. The number of aliphatic hydroxyl groups excluding tert-OH is 1. The lowest BCUT2D eigenvalue weighted by atomic mass is 10.2. The molecule has 0 bridgehead atoms. The fourth-order valence-corrected chi connectivity index (χ4v) is 1.69. The number of nitrogens with one attached hydrogen (secondary N) is 1. The minimum absolute atomic E-state index is 0.135. The van der Waals surface area contributed by atoms with Crippen molar-refractivity contribution < 1.29 is 14.6 Å². The number of carbonyl (C=O) groups excluding carboxylic acids is 1. The van der Waals surface area contributed by atoms with E-state index in [1.165, 1.54) is 0 Å². The molecule has 2 atom stereocenters. The van der Waals surface area contributed by atoms with E-state index in [2.05, 4.69) is 5.32 Å². The van der Waals surface area contributed by atoms with E-state index in [0.717, 1.165) is 5.56 Å². The highest BCUT2D eigenvalue weighted by Crippen LogP contribution is 2.15. The van der Waals surface area contributed by atoms with Crippen molar-refractivity contribution in [3.8, 4) is 5.75 Å². The smallest absolute Gasteiger partial charge is 0.261 e. The molecule has 2 N–H and O–H groups in total. The molecule has 1 amide bonds. The zero-order valence-electron chi connectivity index (χ0n) is 11.8. The lowest BCUT2D eigenvalue weighted by Crippen LogP contribution is -2.39. The van der Waals surface area contributed by atoms with Crippen molar-refractivity contribution in [2.45, 2.75) is 45.8 Å². The maximum absolute atomic E-state index is 11.9. The van der Waals surface area contributed by atoms with Crippen molar-refractivity contribution in [2.24, 2.45) is 0 Å². The van der Waals surface area contributed by atoms with Crippen LogP contribution in [0.15, 0.2) is 24.3 Å². The van der Waals surface area contributed by atoms with Gasteiger partial charge in [-0.05, 0) is 44.4 Å². The lowest BCUT2D eigenvalue weighted by Gasteiger charge is -2.17. The number of hydrogen-bond acceptors (Lipinski definition) is 3. The van der Waals surface area contributed by atoms with Crippen LogP contribution in [-0.4, -0.2) is 29.8 Å². The van der Waals surface area contributed by atoms with Crippen LogP contribution in [-0.2, 0) is 4.79 Å². The summed E-state index contributed by atoms with van der Waals surface area (Å²) in [6.07, 6.45) is 0.259. The molecule has 0 fully saturated rings. The summed E-state index contributed by atoms with van der Waals surface area (Å²) in [5, 5.41) is 11.9. The van der Waals surface area contributed by atoms with Gasteiger partial charge in [-0.2, -0.15) is 0 Å². The van der Waals surface area contributed by atoms with E-state index in [-0.39, 0.29) is 5.91 Å². The van der Waals surface area contributed by atoms with Gasteiger partial charge in [-0.1, -0.05) is 19.1 Å². The quantitative estimate of drug-likeness (QED) is 0.793. The number of amides is 1. The van der Waals surface area contributed by atoms with Crippen molar-refractivity contribution in [3.63, 3.8) is 0 Å². The standard InChI is InChI=1S/C15H23NO3/c1-4-14(15(18)16-9-8-12(3)17)19-13-7-5-6-11(2)10-13/h5-7,10,12,14,17H,4,8-9H2,1-3H3,(H,16,18). The molecule has 0 aliphatic rings. The molecular weight excluding hydrogens is 242 g/mol. The Morgan fingerprint density at radius 3 is 2.79 bits per heavy atom. The van der Waals surface area contributed by atoms with Crippen molar-refractivity contribution in [1.29, 1.82) is 0 Å². The third kappa shape index (κ3) is 5.75. The maximum Gasteiger partial charge on any atom is 0.261 e. The monoisotopic (exact) mass is 265 g/mol. The number of carbonyl (C=O) groups is 1. The molecular formula is C15H23NO3. The van der Waals surface area contributed by atoms with Gasteiger partial charge in [-0.15, -0.1) is 0 Å². The summed E-state index contributed by atoms with van der Waals surface area (Å²) >= 11 is 0. The number of aliphatic hydroxyl groups is 1. The highest BCUT2D eigenvalue weighted by atomic mass is 16.5. The van der Waals surface area contributed by atoms with Crippen LogP contribution < -0.4 is 10.1 Å². The average Bonchev–Trinajstić information content (AvgIpc) is 2.35. The summed E-state index contributed by atoms with van der Waals surface area (Å²) in [7, 11) is 0. The largest absolute Gasteiger partial charge is 0.481 e. The Kier molecular flexibility index (Phi) is 6.36. The predicted molar refractivity (Wildman–Crippen MR) is 75.2 cm³/mol. The SMILES string of the molecule is CCC(Oc1cccc(C)c1)C(=O)NCCC(C)O. The first kappa shape index (κ1) is 15.5. The molecule has 2 unspecified atom stereocenters. The van der Waals surface area contributed by atoms with E-state index >= 15 is 0 Å². The van der Waals surface area contributed by atoms with E-state index in [1.54, 1.807) is 6.92 Å². The minimum atomic E-state index is -0.490. The number of benzene rings is 1. The second-order valence-electron chi connectivity index (χ2n) is 4.76. The van der Waals surface area contributed by atoms with Gasteiger partial charge < -0.3 is 15.2 Å². The van der Waals surface area contributed by atoms with Crippen LogP contribution in [0.5, 0.6) is 5.75 Å². The molecule has 19 heavy (non-hydrogen) atoms. The Morgan fingerprint density at radius 2 is 2.21 bits per heavy atom. The van der Waals surface area contributed by atoms with Gasteiger partial charge in [-0.25, -0.2) is 0 Å². The van der Waals surface area contributed by atoms with Crippen LogP contribution in [0.25, 0.3) is 0 Å².